The first-order valence-electron chi connectivity index (χ1n) is 13.9. The van der Waals surface area contributed by atoms with Crippen molar-refractivity contribution in [1.82, 2.24) is 19.9 Å². The number of rotatable bonds is 6. The first-order valence-corrected chi connectivity index (χ1v) is 13.9. The van der Waals surface area contributed by atoms with E-state index in [1.54, 1.807) is 17.0 Å². The number of anilines is 3. The van der Waals surface area contributed by atoms with Gasteiger partial charge < -0.3 is 29.3 Å². The van der Waals surface area contributed by atoms with Crippen LogP contribution < -0.4 is 15.0 Å². The molecule has 41 heavy (non-hydrogen) atoms. The smallest absolute Gasteiger partial charge is 0.410 e. The molecule has 1 amide bonds. The second-order valence-corrected chi connectivity index (χ2v) is 11.0. The molecule has 11 nitrogen and oxygen atoms in total. The second-order valence-electron chi connectivity index (χ2n) is 11.0. The number of nitriles is 1. The lowest BCUT2D eigenvalue weighted by molar-refractivity contribution is 0.0239. The highest BCUT2D eigenvalue weighted by molar-refractivity contribution is 5.69. The highest BCUT2D eigenvalue weighted by Gasteiger charge is 2.26. The quantitative estimate of drug-likeness (QED) is 0.453. The van der Waals surface area contributed by atoms with Crippen LogP contribution in [0.5, 0.6) is 5.75 Å². The van der Waals surface area contributed by atoms with E-state index in [0.717, 1.165) is 37.3 Å². The van der Waals surface area contributed by atoms with E-state index in [1.807, 2.05) is 51.1 Å². The summed E-state index contributed by atoms with van der Waals surface area (Å²) in [4.78, 5) is 29.5. The molecule has 0 spiro atoms. The van der Waals surface area contributed by atoms with Crippen molar-refractivity contribution >= 4 is 23.4 Å². The Morgan fingerprint density at radius 2 is 1.78 bits per heavy atom. The molecule has 5 rings (SSSR count). The fourth-order valence-electron chi connectivity index (χ4n) is 4.69. The van der Waals surface area contributed by atoms with Crippen LogP contribution in [0.15, 0.2) is 48.8 Å². The number of nitrogens with zero attached hydrogens (tertiary/aromatic N) is 6. The fourth-order valence-corrected chi connectivity index (χ4v) is 4.69. The summed E-state index contributed by atoms with van der Waals surface area (Å²) in [5.41, 5.74) is 2.54. The third-order valence-electron chi connectivity index (χ3n) is 6.81. The van der Waals surface area contributed by atoms with Crippen LogP contribution in [0.4, 0.5) is 22.1 Å². The van der Waals surface area contributed by atoms with E-state index in [0.29, 0.717) is 55.0 Å². The molecule has 2 fully saturated rings. The first kappa shape index (κ1) is 28.1. The summed E-state index contributed by atoms with van der Waals surface area (Å²) in [6.07, 6.45) is 2.84. The maximum absolute atomic E-state index is 12.3. The summed E-state index contributed by atoms with van der Waals surface area (Å²) in [5.74, 6) is 1.41. The zero-order chi connectivity index (χ0) is 28.8. The van der Waals surface area contributed by atoms with Gasteiger partial charge in [-0.05, 0) is 63.2 Å². The van der Waals surface area contributed by atoms with Crippen molar-refractivity contribution in [2.75, 3.05) is 49.6 Å². The molecule has 1 N–H and O–H groups in total. The molecule has 0 radical (unpaired) electrons. The van der Waals surface area contributed by atoms with E-state index in [9.17, 15) is 10.1 Å². The van der Waals surface area contributed by atoms with Gasteiger partial charge in [-0.25, -0.2) is 14.8 Å². The van der Waals surface area contributed by atoms with Crippen molar-refractivity contribution in [1.29, 1.82) is 5.26 Å². The lowest BCUT2D eigenvalue weighted by atomic mass is 10.1. The number of hydrogen-bond donors (Lipinski definition) is 1. The predicted molar refractivity (Wildman–Crippen MR) is 154 cm³/mol. The highest BCUT2D eigenvalue weighted by atomic mass is 16.6. The Morgan fingerprint density at radius 1 is 1.05 bits per heavy atom. The molecule has 2 aromatic carbocycles. The van der Waals surface area contributed by atoms with Gasteiger partial charge in [0.2, 0.25) is 5.95 Å². The van der Waals surface area contributed by atoms with Gasteiger partial charge in [0.25, 0.3) is 0 Å². The lowest BCUT2D eigenvalue weighted by Crippen LogP contribution is -2.50. The van der Waals surface area contributed by atoms with Crippen LogP contribution >= 0.6 is 0 Å². The van der Waals surface area contributed by atoms with Crippen molar-refractivity contribution in [3.8, 4) is 23.2 Å². The summed E-state index contributed by atoms with van der Waals surface area (Å²) < 4.78 is 16.9. The second kappa shape index (κ2) is 12.4. The Balaban J connectivity index is 1.20. The Bertz CT molecular complexity index is 1390. The minimum atomic E-state index is -0.500. The lowest BCUT2D eigenvalue weighted by Gasteiger charge is -2.36. The number of nitrogens with one attached hydrogen (secondary N) is 1. The van der Waals surface area contributed by atoms with E-state index in [4.69, 9.17) is 14.2 Å². The van der Waals surface area contributed by atoms with Gasteiger partial charge in [-0.2, -0.15) is 10.2 Å². The summed E-state index contributed by atoms with van der Waals surface area (Å²) in [6, 6.07) is 15.6. The topological polar surface area (TPSA) is 126 Å². The number of piperazine rings is 1. The van der Waals surface area contributed by atoms with E-state index in [2.05, 4.69) is 31.2 Å². The van der Waals surface area contributed by atoms with Crippen LogP contribution in [0.1, 0.15) is 39.2 Å². The number of carbonyl (C=O) groups is 1. The SMILES string of the molecule is CC(C)(C)OC(=O)N1CCN(c2ccc(Nc3ncnc(-c4ccc(OC5CCOCC5)c(C#N)c4)n3)cc2)CC1. The normalized spacial score (nSPS) is 16.1. The van der Waals surface area contributed by atoms with Crippen molar-refractivity contribution in [3.63, 3.8) is 0 Å². The summed E-state index contributed by atoms with van der Waals surface area (Å²) in [7, 11) is 0. The van der Waals surface area contributed by atoms with Gasteiger partial charge in [0.1, 0.15) is 29.9 Å². The molecule has 2 aliphatic rings. The molecule has 2 saturated heterocycles. The Morgan fingerprint density at radius 3 is 2.46 bits per heavy atom. The van der Waals surface area contributed by atoms with Gasteiger partial charge in [-0.1, -0.05) is 0 Å². The number of carbonyl (C=O) groups excluding carboxylic acids is 1. The number of amides is 1. The van der Waals surface area contributed by atoms with Crippen molar-refractivity contribution in [2.24, 2.45) is 0 Å². The van der Waals surface area contributed by atoms with Crippen LogP contribution in [0, 0.1) is 11.3 Å². The molecular formula is C30H35N7O4. The molecule has 3 heterocycles. The molecule has 1 aromatic heterocycles. The molecular weight excluding hydrogens is 522 g/mol. The number of ether oxygens (including phenoxy) is 3. The average molecular weight is 558 g/mol. The minimum Gasteiger partial charge on any atom is -0.489 e. The Kier molecular flexibility index (Phi) is 8.50. The monoisotopic (exact) mass is 557 g/mol. The Labute approximate surface area is 240 Å². The zero-order valence-corrected chi connectivity index (χ0v) is 23.7. The maximum Gasteiger partial charge on any atom is 0.410 e. The summed E-state index contributed by atoms with van der Waals surface area (Å²) >= 11 is 0. The van der Waals surface area contributed by atoms with Gasteiger partial charge >= 0.3 is 6.09 Å². The van der Waals surface area contributed by atoms with Crippen LogP contribution in [-0.2, 0) is 9.47 Å². The van der Waals surface area contributed by atoms with Gasteiger partial charge in [0, 0.05) is 56.0 Å². The van der Waals surface area contributed by atoms with Gasteiger partial charge in [0.15, 0.2) is 5.82 Å². The molecule has 0 aliphatic carbocycles. The van der Waals surface area contributed by atoms with Crippen LogP contribution in [0.25, 0.3) is 11.4 Å². The molecule has 0 atom stereocenters. The molecule has 214 valence electrons. The van der Waals surface area contributed by atoms with Crippen molar-refractivity contribution in [3.05, 3.63) is 54.4 Å². The van der Waals surface area contributed by atoms with E-state index in [-0.39, 0.29) is 12.2 Å². The summed E-state index contributed by atoms with van der Waals surface area (Å²) in [6.45, 7) is 9.64. The predicted octanol–water partition coefficient (Wildman–Crippen LogP) is 4.77. The third-order valence-corrected chi connectivity index (χ3v) is 6.81. The van der Waals surface area contributed by atoms with Gasteiger partial charge in [-0.3, -0.25) is 0 Å². The molecule has 0 saturated carbocycles. The van der Waals surface area contributed by atoms with Gasteiger partial charge in [0.05, 0.1) is 18.8 Å². The number of benzene rings is 2. The third kappa shape index (κ3) is 7.41. The standard InChI is InChI=1S/C30H35N7O4/c1-30(2,3)41-29(38)37-14-12-36(13-15-37)24-7-5-23(6-8-24)34-28-33-20-32-27(35-28)21-4-9-26(22(18-21)19-31)40-25-10-16-39-17-11-25/h4-9,18,20,25H,10-17H2,1-3H3,(H,32,33,34,35). The van der Waals surface area contributed by atoms with Crippen molar-refractivity contribution < 1.29 is 19.0 Å². The largest absolute Gasteiger partial charge is 0.489 e. The molecule has 3 aromatic rings. The van der Waals surface area contributed by atoms with Crippen LogP contribution in [0.3, 0.4) is 0 Å². The number of hydrogen-bond acceptors (Lipinski definition) is 10. The maximum atomic E-state index is 12.3. The minimum absolute atomic E-state index is 0.0444. The fraction of sp³-hybridized carbons (Fsp3) is 0.433. The first-order chi connectivity index (χ1) is 19.8. The van der Waals surface area contributed by atoms with Crippen molar-refractivity contribution in [2.45, 2.75) is 45.3 Å². The molecule has 0 unspecified atom stereocenters. The van der Waals surface area contributed by atoms with Gasteiger partial charge in [-0.15, -0.1) is 0 Å². The molecule has 2 aliphatic heterocycles. The summed E-state index contributed by atoms with van der Waals surface area (Å²) in [5, 5.41) is 12.9. The van der Waals surface area contributed by atoms with Crippen LogP contribution in [-0.4, -0.2) is 77.0 Å². The highest BCUT2D eigenvalue weighted by Crippen LogP contribution is 2.28. The van der Waals surface area contributed by atoms with E-state index >= 15 is 0 Å². The van der Waals surface area contributed by atoms with E-state index < -0.39 is 5.60 Å². The van der Waals surface area contributed by atoms with Crippen LogP contribution in [0.2, 0.25) is 0 Å². The van der Waals surface area contributed by atoms with E-state index in [1.165, 1.54) is 6.33 Å². The molecule has 0 bridgehead atoms. The molecule has 11 heteroatoms. The Hall–Kier alpha value is -4.43. The average Bonchev–Trinajstić information content (AvgIpc) is 2.98. The number of aromatic nitrogens is 3. The zero-order valence-electron chi connectivity index (χ0n) is 23.7.